The Hall–Kier alpha value is -1.50. The number of hydrazine groups is 1. The van der Waals surface area contributed by atoms with E-state index in [4.69, 9.17) is 16.7 Å². The number of nitrogens with two attached hydrogens (primary N) is 1. The van der Waals surface area contributed by atoms with Crippen molar-refractivity contribution in [1.29, 1.82) is 0 Å². The molecule has 0 aromatic heterocycles. The number of nitrogens with one attached hydrogen (secondary N) is 2. The molecule has 0 spiro atoms. The molecule has 0 fully saturated rings. The van der Waals surface area contributed by atoms with Crippen LogP contribution in [0, 0.1) is 0 Å². The third kappa shape index (κ3) is 5.00. The number of halogens is 2. The fourth-order valence-electron chi connectivity index (χ4n) is 1.72. The SMILES string of the molecule is NS(=O)(=O)c1cc(C(=O)NNS(=O)(=O)c2ccc(Br)cc2)ccc1Cl. The second kappa shape index (κ2) is 7.40. The van der Waals surface area contributed by atoms with Crippen LogP contribution in [0.3, 0.4) is 0 Å². The van der Waals surface area contributed by atoms with Gasteiger partial charge in [-0.25, -0.2) is 22.0 Å². The summed E-state index contributed by atoms with van der Waals surface area (Å²) in [5.41, 5.74) is 1.84. The molecule has 0 radical (unpaired) electrons. The first-order valence-corrected chi connectivity index (χ1v) is 10.6. The molecule has 0 bridgehead atoms. The molecule has 2 aromatic rings. The number of hydrogen-bond acceptors (Lipinski definition) is 5. The Morgan fingerprint density at radius 2 is 1.64 bits per heavy atom. The molecule has 25 heavy (non-hydrogen) atoms. The van der Waals surface area contributed by atoms with E-state index in [-0.39, 0.29) is 15.5 Å². The first-order valence-electron chi connectivity index (χ1n) is 6.41. The maximum absolute atomic E-state index is 12.1. The van der Waals surface area contributed by atoms with Crippen LogP contribution in [0.15, 0.2) is 56.7 Å². The van der Waals surface area contributed by atoms with E-state index in [1.807, 2.05) is 10.3 Å². The van der Waals surface area contributed by atoms with Crippen LogP contribution in [-0.2, 0) is 20.0 Å². The zero-order valence-corrected chi connectivity index (χ0v) is 16.2. The standard InChI is InChI=1S/C13H11BrClN3O5S2/c14-9-2-4-10(5-3-9)25(22,23)18-17-13(19)8-1-6-11(15)12(7-8)24(16,20)21/h1-7,18H,(H,17,19)(H2,16,20,21). The smallest absolute Gasteiger partial charge is 0.266 e. The molecule has 0 saturated carbocycles. The maximum Gasteiger partial charge on any atom is 0.266 e. The Labute approximate surface area is 157 Å². The van der Waals surface area contributed by atoms with E-state index in [1.54, 1.807) is 0 Å². The van der Waals surface area contributed by atoms with Gasteiger partial charge >= 0.3 is 0 Å². The van der Waals surface area contributed by atoms with Crippen LogP contribution in [-0.4, -0.2) is 22.7 Å². The van der Waals surface area contributed by atoms with E-state index in [0.717, 1.165) is 6.07 Å². The van der Waals surface area contributed by atoms with Crippen molar-refractivity contribution in [2.24, 2.45) is 5.14 Å². The van der Waals surface area contributed by atoms with Crippen LogP contribution < -0.4 is 15.4 Å². The molecule has 0 heterocycles. The molecule has 0 aliphatic heterocycles. The molecular formula is C13H11BrClN3O5S2. The highest BCUT2D eigenvalue weighted by atomic mass is 79.9. The van der Waals surface area contributed by atoms with Crippen LogP contribution in [0.5, 0.6) is 0 Å². The van der Waals surface area contributed by atoms with Crippen LogP contribution in [0.1, 0.15) is 10.4 Å². The third-order valence-corrected chi connectivity index (χ3v) is 6.11. The summed E-state index contributed by atoms with van der Waals surface area (Å²) < 4.78 is 47.7. The van der Waals surface area contributed by atoms with Crippen molar-refractivity contribution in [2.45, 2.75) is 9.79 Å². The van der Waals surface area contributed by atoms with Crippen molar-refractivity contribution in [1.82, 2.24) is 10.3 Å². The zero-order chi connectivity index (χ0) is 18.8. The Bertz CT molecular complexity index is 1020. The molecular weight excluding hydrogens is 458 g/mol. The number of carbonyl (C=O) groups is 1. The lowest BCUT2D eigenvalue weighted by molar-refractivity contribution is 0.0945. The highest BCUT2D eigenvalue weighted by Crippen LogP contribution is 2.21. The molecule has 8 nitrogen and oxygen atoms in total. The minimum atomic E-state index is -4.13. The molecule has 0 unspecified atom stereocenters. The van der Waals surface area contributed by atoms with Crippen molar-refractivity contribution in [3.63, 3.8) is 0 Å². The molecule has 0 saturated heterocycles. The van der Waals surface area contributed by atoms with Crippen molar-refractivity contribution < 1.29 is 21.6 Å². The van der Waals surface area contributed by atoms with Gasteiger partial charge in [-0.05, 0) is 42.5 Å². The predicted molar refractivity (Wildman–Crippen MR) is 94.8 cm³/mol. The second-order valence-corrected chi connectivity index (χ2v) is 9.24. The van der Waals surface area contributed by atoms with Crippen LogP contribution >= 0.6 is 27.5 Å². The molecule has 0 aliphatic rings. The van der Waals surface area contributed by atoms with Gasteiger partial charge < -0.3 is 0 Å². The largest absolute Gasteiger partial charge is 0.273 e. The Kier molecular flexibility index (Phi) is 5.86. The zero-order valence-electron chi connectivity index (χ0n) is 12.2. The monoisotopic (exact) mass is 467 g/mol. The summed E-state index contributed by atoms with van der Waals surface area (Å²) in [6.07, 6.45) is 0. The highest BCUT2D eigenvalue weighted by Gasteiger charge is 2.19. The fraction of sp³-hybridized carbons (Fsp3) is 0. The molecule has 2 rings (SSSR count). The lowest BCUT2D eigenvalue weighted by Gasteiger charge is -2.10. The minimum absolute atomic E-state index is 0.0719. The van der Waals surface area contributed by atoms with Crippen molar-refractivity contribution >= 4 is 53.5 Å². The van der Waals surface area contributed by atoms with Crippen molar-refractivity contribution in [2.75, 3.05) is 0 Å². The van der Waals surface area contributed by atoms with Gasteiger partial charge in [0.05, 0.1) is 9.92 Å². The predicted octanol–water partition coefficient (Wildman–Crippen LogP) is 1.37. The summed E-state index contributed by atoms with van der Waals surface area (Å²) in [5, 5.41) is 4.84. The van der Waals surface area contributed by atoms with Gasteiger partial charge in [0, 0.05) is 10.0 Å². The fourth-order valence-corrected chi connectivity index (χ4v) is 3.90. The Balaban J connectivity index is 2.19. The van der Waals surface area contributed by atoms with E-state index < -0.39 is 30.8 Å². The van der Waals surface area contributed by atoms with Gasteiger partial charge in [-0.3, -0.25) is 10.2 Å². The van der Waals surface area contributed by atoms with E-state index in [2.05, 4.69) is 15.9 Å². The highest BCUT2D eigenvalue weighted by molar-refractivity contribution is 9.10. The summed E-state index contributed by atoms with van der Waals surface area (Å²) in [6.45, 7) is 0. The molecule has 0 aliphatic carbocycles. The lowest BCUT2D eigenvalue weighted by Crippen LogP contribution is -2.41. The summed E-state index contributed by atoms with van der Waals surface area (Å²) in [7, 11) is -8.13. The number of benzene rings is 2. The molecule has 2 aromatic carbocycles. The average Bonchev–Trinajstić information content (AvgIpc) is 2.52. The number of rotatable bonds is 5. The number of sulfonamides is 2. The lowest BCUT2D eigenvalue weighted by atomic mass is 10.2. The molecule has 4 N–H and O–H groups in total. The van der Waals surface area contributed by atoms with Gasteiger partial charge in [0.1, 0.15) is 4.90 Å². The first-order chi connectivity index (χ1) is 11.5. The van der Waals surface area contributed by atoms with E-state index in [9.17, 15) is 21.6 Å². The van der Waals surface area contributed by atoms with E-state index in [1.165, 1.54) is 36.4 Å². The number of hydrogen-bond donors (Lipinski definition) is 3. The quantitative estimate of drug-likeness (QED) is 0.570. The third-order valence-electron chi connectivity index (χ3n) is 2.92. The molecule has 134 valence electrons. The number of amides is 1. The first kappa shape index (κ1) is 19.8. The summed E-state index contributed by atoms with van der Waals surface area (Å²) >= 11 is 8.90. The molecule has 1 amide bonds. The second-order valence-electron chi connectivity index (χ2n) is 4.70. The maximum atomic E-state index is 12.1. The molecule has 12 heteroatoms. The Morgan fingerprint density at radius 3 is 2.20 bits per heavy atom. The van der Waals surface area contributed by atoms with E-state index in [0.29, 0.717) is 4.47 Å². The van der Waals surface area contributed by atoms with E-state index >= 15 is 0 Å². The summed E-state index contributed by atoms with van der Waals surface area (Å²) in [4.78, 5) is 13.4. The van der Waals surface area contributed by atoms with Crippen LogP contribution in [0.4, 0.5) is 0 Å². The normalized spacial score (nSPS) is 12.0. The number of carbonyl (C=O) groups excluding carboxylic acids is 1. The van der Waals surface area contributed by atoms with Gasteiger partial charge in [-0.1, -0.05) is 27.5 Å². The minimum Gasteiger partial charge on any atom is -0.273 e. The molecule has 0 atom stereocenters. The van der Waals surface area contributed by atoms with Crippen molar-refractivity contribution in [3.05, 3.63) is 57.5 Å². The van der Waals surface area contributed by atoms with Crippen LogP contribution in [0.25, 0.3) is 0 Å². The summed E-state index contributed by atoms with van der Waals surface area (Å²) in [5.74, 6) is -0.887. The Morgan fingerprint density at radius 1 is 1.04 bits per heavy atom. The van der Waals surface area contributed by atoms with Crippen molar-refractivity contribution in [3.8, 4) is 0 Å². The van der Waals surface area contributed by atoms with Gasteiger partial charge in [-0.2, -0.15) is 0 Å². The summed E-state index contributed by atoms with van der Waals surface area (Å²) in [6, 6.07) is 9.04. The van der Waals surface area contributed by atoms with Gasteiger partial charge in [0.15, 0.2) is 0 Å². The average molecular weight is 469 g/mol. The van der Waals surface area contributed by atoms with Gasteiger partial charge in [-0.15, -0.1) is 4.83 Å². The van der Waals surface area contributed by atoms with Crippen LogP contribution in [0.2, 0.25) is 5.02 Å². The van der Waals surface area contributed by atoms with Gasteiger partial charge in [0.25, 0.3) is 15.9 Å². The van der Waals surface area contributed by atoms with Gasteiger partial charge in [0.2, 0.25) is 10.0 Å². The number of primary sulfonamides is 1. The topological polar surface area (TPSA) is 135 Å².